The molecule has 1 atom stereocenters. The second kappa shape index (κ2) is 10.1. The van der Waals surface area contributed by atoms with Gasteiger partial charge in [-0.25, -0.2) is 4.90 Å². The molecule has 4 rings (SSSR count). The van der Waals surface area contributed by atoms with Gasteiger partial charge in [0.1, 0.15) is 17.5 Å². The maximum absolute atomic E-state index is 13.6. The van der Waals surface area contributed by atoms with E-state index in [9.17, 15) is 14.4 Å². The van der Waals surface area contributed by atoms with Crippen molar-refractivity contribution in [1.82, 2.24) is 4.90 Å². The van der Waals surface area contributed by atoms with Crippen LogP contribution in [0.4, 0.5) is 5.69 Å². The van der Waals surface area contributed by atoms with E-state index in [0.717, 1.165) is 32.1 Å². The van der Waals surface area contributed by atoms with Crippen molar-refractivity contribution in [3.8, 4) is 11.5 Å². The van der Waals surface area contributed by atoms with Crippen LogP contribution in [0.2, 0.25) is 0 Å². The lowest BCUT2D eigenvalue weighted by molar-refractivity contribution is -0.123. The molecule has 33 heavy (non-hydrogen) atoms. The van der Waals surface area contributed by atoms with Crippen LogP contribution in [0.1, 0.15) is 55.8 Å². The minimum Gasteiger partial charge on any atom is -0.497 e. The van der Waals surface area contributed by atoms with E-state index in [1.165, 1.54) is 4.90 Å². The number of benzene rings is 2. The van der Waals surface area contributed by atoms with Crippen molar-refractivity contribution < 1.29 is 23.9 Å². The molecule has 1 heterocycles. The molecule has 1 aliphatic heterocycles. The van der Waals surface area contributed by atoms with Gasteiger partial charge in [-0.1, -0.05) is 19.3 Å². The van der Waals surface area contributed by atoms with Crippen molar-refractivity contribution >= 4 is 23.4 Å². The van der Waals surface area contributed by atoms with Crippen LogP contribution in [0.3, 0.4) is 0 Å². The van der Waals surface area contributed by atoms with Crippen molar-refractivity contribution in [1.29, 1.82) is 0 Å². The lowest BCUT2D eigenvalue weighted by Gasteiger charge is -2.37. The third kappa shape index (κ3) is 4.72. The van der Waals surface area contributed by atoms with Crippen LogP contribution in [-0.4, -0.2) is 48.4 Å². The smallest absolute Gasteiger partial charge is 0.257 e. The number of carbonyl (C=O) groups is 3. The fourth-order valence-electron chi connectivity index (χ4n) is 4.77. The SMILES string of the molecule is CCOc1ccc(N2C(=O)CC(N(C(=O)c3ccc(OC)cc3)C3CCCCC3)C2=O)cc1. The maximum Gasteiger partial charge on any atom is 0.257 e. The van der Waals surface area contributed by atoms with Gasteiger partial charge in [0.05, 0.1) is 25.8 Å². The Bertz CT molecular complexity index is 996. The van der Waals surface area contributed by atoms with Crippen LogP contribution >= 0.6 is 0 Å². The first-order valence-electron chi connectivity index (χ1n) is 11.6. The highest BCUT2D eigenvalue weighted by atomic mass is 16.5. The van der Waals surface area contributed by atoms with E-state index in [0.29, 0.717) is 29.4 Å². The number of imide groups is 1. The van der Waals surface area contributed by atoms with Crippen molar-refractivity contribution in [3.05, 3.63) is 54.1 Å². The third-order valence-electron chi connectivity index (χ3n) is 6.40. The number of nitrogens with zero attached hydrogens (tertiary/aromatic N) is 2. The molecule has 7 nitrogen and oxygen atoms in total. The van der Waals surface area contributed by atoms with Gasteiger partial charge in [-0.05, 0) is 68.3 Å². The first kappa shape index (κ1) is 22.8. The summed E-state index contributed by atoms with van der Waals surface area (Å²) in [4.78, 5) is 43.0. The Morgan fingerprint density at radius 2 is 1.61 bits per heavy atom. The molecule has 0 radical (unpaired) electrons. The molecule has 2 fully saturated rings. The molecule has 3 amide bonds. The van der Waals surface area contributed by atoms with Gasteiger partial charge in [0.25, 0.3) is 11.8 Å². The Morgan fingerprint density at radius 3 is 2.21 bits per heavy atom. The number of hydrogen-bond donors (Lipinski definition) is 0. The van der Waals surface area contributed by atoms with Crippen molar-refractivity contribution in [3.63, 3.8) is 0 Å². The summed E-state index contributed by atoms with van der Waals surface area (Å²) in [6.07, 6.45) is 4.80. The molecule has 0 spiro atoms. The molecule has 2 aliphatic rings. The molecule has 1 unspecified atom stereocenters. The molecular formula is C26H30N2O5. The minimum absolute atomic E-state index is 0.00948. The molecule has 0 N–H and O–H groups in total. The van der Waals surface area contributed by atoms with Crippen LogP contribution in [0.5, 0.6) is 11.5 Å². The molecule has 2 aromatic rings. The van der Waals surface area contributed by atoms with E-state index in [-0.39, 0.29) is 30.2 Å². The summed E-state index contributed by atoms with van der Waals surface area (Å²) in [5.41, 5.74) is 0.984. The van der Waals surface area contributed by atoms with Crippen molar-refractivity contribution in [2.45, 2.75) is 57.5 Å². The largest absolute Gasteiger partial charge is 0.497 e. The Morgan fingerprint density at radius 1 is 0.970 bits per heavy atom. The third-order valence-corrected chi connectivity index (χ3v) is 6.40. The van der Waals surface area contributed by atoms with E-state index in [4.69, 9.17) is 9.47 Å². The van der Waals surface area contributed by atoms with Gasteiger partial charge in [-0.3, -0.25) is 14.4 Å². The van der Waals surface area contributed by atoms with Gasteiger partial charge in [-0.15, -0.1) is 0 Å². The number of amides is 3. The molecule has 174 valence electrons. The summed E-state index contributed by atoms with van der Waals surface area (Å²) >= 11 is 0. The van der Waals surface area contributed by atoms with Gasteiger partial charge < -0.3 is 14.4 Å². The van der Waals surface area contributed by atoms with Crippen LogP contribution in [-0.2, 0) is 9.59 Å². The van der Waals surface area contributed by atoms with E-state index < -0.39 is 6.04 Å². The van der Waals surface area contributed by atoms with E-state index >= 15 is 0 Å². The van der Waals surface area contributed by atoms with Crippen LogP contribution in [0.25, 0.3) is 0 Å². The lowest BCUT2D eigenvalue weighted by atomic mass is 9.92. The summed E-state index contributed by atoms with van der Waals surface area (Å²) in [5.74, 6) is 0.471. The number of methoxy groups -OCH3 is 1. The number of rotatable bonds is 7. The fraction of sp³-hybridized carbons (Fsp3) is 0.423. The predicted octanol–water partition coefficient (Wildman–Crippen LogP) is 4.20. The zero-order chi connectivity index (χ0) is 23.4. The number of anilines is 1. The van der Waals surface area contributed by atoms with E-state index in [2.05, 4.69) is 0 Å². The minimum atomic E-state index is -0.804. The van der Waals surface area contributed by atoms with Crippen LogP contribution < -0.4 is 14.4 Å². The van der Waals surface area contributed by atoms with E-state index in [1.54, 1.807) is 60.5 Å². The maximum atomic E-state index is 13.6. The molecule has 0 aromatic heterocycles. The number of carbonyl (C=O) groups excluding carboxylic acids is 3. The van der Waals surface area contributed by atoms with Gasteiger partial charge in [0, 0.05) is 11.6 Å². The standard InChI is InChI=1S/C26H30N2O5/c1-3-33-22-15-11-20(12-16-22)28-24(29)17-23(26(28)31)27(19-7-5-4-6-8-19)25(30)18-9-13-21(32-2)14-10-18/h9-16,19,23H,3-8,17H2,1-2H3. The molecule has 1 aliphatic carbocycles. The highest BCUT2D eigenvalue weighted by Gasteiger charge is 2.46. The van der Waals surface area contributed by atoms with Gasteiger partial charge in [0.15, 0.2) is 0 Å². The van der Waals surface area contributed by atoms with Gasteiger partial charge in [-0.2, -0.15) is 0 Å². The average molecular weight is 451 g/mol. The fourth-order valence-corrected chi connectivity index (χ4v) is 4.77. The molecule has 2 aromatic carbocycles. The Hall–Kier alpha value is -3.35. The first-order chi connectivity index (χ1) is 16.0. The Labute approximate surface area is 194 Å². The number of ether oxygens (including phenoxy) is 2. The second-order valence-corrected chi connectivity index (χ2v) is 8.45. The highest BCUT2D eigenvalue weighted by molar-refractivity contribution is 6.23. The lowest BCUT2D eigenvalue weighted by Crippen LogP contribution is -2.51. The molecule has 0 bridgehead atoms. The second-order valence-electron chi connectivity index (χ2n) is 8.45. The first-order valence-corrected chi connectivity index (χ1v) is 11.6. The highest BCUT2D eigenvalue weighted by Crippen LogP contribution is 2.33. The zero-order valence-electron chi connectivity index (χ0n) is 19.2. The topological polar surface area (TPSA) is 76.2 Å². The van der Waals surface area contributed by atoms with Crippen LogP contribution in [0.15, 0.2) is 48.5 Å². The molecular weight excluding hydrogens is 420 g/mol. The monoisotopic (exact) mass is 450 g/mol. The quantitative estimate of drug-likeness (QED) is 0.591. The number of hydrogen-bond acceptors (Lipinski definition) is 5. The molecule has 1 saturated carbocycles. The summed E-state index contributed by atoms with van der Waals surface area (Å²) < 4.78 is 10.7. The Kier molecular flexibility index (Phi) is 6.96. The predicted molar refractivity (Wildman–Crippen MR) is 125 cm³/mol. The molecule has 1 saturated heterocycles. The van der Waals surface area contributed by atoms with Crippen molar-refractivity contribution in [2.75, 3.05) is 18.6 Å². The normalized spacial score (nSPS) is 19.0. The summed E-state index contributed by atoms with van der Waals surface area (Å²) in [7, 11) is 1.57. The van der Waals surface area contributed by atoms with E-state index in [1.807, 2.05) is 6.92 Å². The van der Waals surface area contributed by atoms with Crippen LogP contribution in [0, 0.1) is 0 Å². The van der Waals surface area contributed by atoms with Gasteiger partial charge >= 0.3 is 0 Å². The Balaban J connectivity index is 1.62. The van der Waals surface area contributed by atoms with Crippen molar-refractivity contribution in [2.24, 2.45) is 0 Å². The average Bonchev–Trinajstić information content (AvgIpc) is 3.14. The zero-order valence-corrected chi connectivity index (χ0v) is 19.2. The molecule has 7 heteroatoms. The summed E-state index contributed by atoms with van der Waals surface area (Å²) in [6.45, 7) is 2.43. The summed E-state index contributed by atoms with van der Waals surface area (Å²) in [6, 6.07) is 12.9. The summed E-state index contributed by atoms with van der Waals surface area (Å²) in [5, 5.41) is 0. The van der Waals surface area contributed by atoms with Gasteiger partial charge in [0.2, 0.25) is 5.91 Å².